The van der Waals surface area contributed by atoms with E-state index in [2.05, 4.69) is 19.7 Å². The lowest BCUT2D eigenvalue weighted by molar-refractivity contribution is 0.314. The summed E-state index contributed by atoms with van der Waals surface area (Å²) in [5.74, 6) is -0.870. The van der Waals surface area contributed by atoms with Crippen LogP contribution in [0.4, 0.5) is 31.7 Å². The lowest BCUT2D eigenvalue weighted by Gasteiger charge is -2.31. The highest BCUT2D eigenvalue weighted by atomic mass is 32.2. The molecule has 3 N–H and O–H groups in total. The van der Waals surface area contributed by atoms with Gasteiger partial charge in [-0.3, -0.25) is 4.72 Å². The van der Waals surface area contributed by atoms with Gasteiger partial charge in [-0.1, -0.05) is 6.07 Å². The third-order valence-electron chi connectivity index (χ3n) is 6.52. The smallest absolute Gasteiger partial charge is 0.264 e. The highest BCUT2D eigenvalue weighted by Gasteiger charge is 2.25. The van der Waals surface area contributed by atoms with Gasteiger partial charge in [-0.25, -0.2) is 32.2 Å². The summed E-state index contributed by atoms with van der Waals surface area (Å²) in [5, 5.41) is 0.779. The minimum Gasteiger partial charge on any atom is -0.490 e. The number of hydrogen-bond donors (Lipinski definition) is 2. The molecule has 3 aromatic carbocycles. The van der Waals surface area contributed by atoms with Crippen molar-refractivity contribution in [1.29, 1.82) is 0 Å². The first-order valence-electron chi connectivity index (χ1n) is 12.3. The molecule has 10 nitrogen and oxygen atoms in total. The van der Waals surface area contributed by atoms with Crippen molar-refractivity contribution in [2.75, 3.05) is 35.6 Å². The molecule has 3 heterocycles. The van der Waals surface area contributed by atoms with Crippen molar-refractivity contribution in [2.45, 2.75) is 4.90 Å². The van der Waals surface area contributed by atoms with Crippen LogP contribution in [0.3, 0.4) is 0 Å². The Morgan fingerprint density at radius 3 is 2.66 bits per heavy atom. The first-order valence-corrected chi connectivity index (χ1v) is 13.8. The third kappa shape index (κ3) is 4.91. The van der Waals surface area contributed by atoms with Gasteiger partial charge in [0.05, 0.1) is 24.9 Å². The molecule has 5 aromatic rings. The Kier molecular flexibility index (Phi) is 6.50. The van der Waals surface area contributed by atoms with Gasteiger partial charge in [0.1, 0.15) is 46.7 Å². The third-order valence-corrected chi connectivity index (χ3v) is 7.92. The van der Waals surface area contributed by atoms with Crippen LogP contribution in [0.15, 0.2) is 78.1 Å². The van der Waals surface area contributed by atoms with Crippen LogP contribution in [0.1, 0.15) is 0 Å². The summed E-state index contributed by atoms with van der Waals surface area (Å²) in [5.41, 5.74) is 9.28. The predicted molar refractivity (Wildman–Crippen MR) is 150 cm³/mol. The fourth-order valence-electron chi connectivity index (χ4n) is 4.63. The number of rotatable bonds is 6. The summed E-state index contributed by atoms with van der Waals surface area (Å²) in [4.78, 5) is 14.4. The number of fused-ring (bicyclic) bond motifs is 2. The second-order valence-corrected chi connectivity index (χ2v) is 10.8. The number of aromatic nitrogens is 3. The quantitative estimate of drug-likeness (QED) is 0.271. The number of nitrogens with two attached hydrogens (primary N) is 1. The number of nitrogens with zero attached hydrogens (tertiary/aromatic N) is 4. The number of hydrogen-bond acceptors (Lipinski definition) is 9. The number of pyridine rings is 1. The first kappa shape index (κ1) is 26.2. The number of nitrogens with one attached hydrogen (secondary N) is 1. The van der Waals surface area contributed by atoms with Crippen LogP contribution >= 0.6 is 0 Å². The minimum atomic E-state index is -4.44. The van der Waals surface area contributed by atoms with Crippen molar-refractivity contribution in [2.24, 2.45) is 0 Å². The van der Waals surface area contributed by atoms with Crippen LogP contribution in [0.2, 0.25) is 0 Å². The fourth-order valence-corrected chi connectivity index (χ4v) is 5.74. The highest BCUT2D eigenvalue weighted by molar-refractivity contribution is 7.92. The van der Waals surface area contributed by atoms with Gasteiger partial charge in [0.2, 0.25) is 5.88 Å². The SMILES string of the molecule is COc1ncc(-c2ccc3c(c2)N(c2ncnc4ccc(N)cc24)CCO3)cc1NS(=O)(=O)c1ccc(F)cc1F. The van der Waals surface area contributed by atoms with E-state index in [1.54, 1.807) is 18.2 Å². The molecule has 41 heavy (non-hydrogen) atoms. The Hall–Kier alpha value is -5.04. The molecular weight excluding hydrogens is 554 g/mol. The molecule has 0 saturated carbocycles. The summed E-state index contributed by atoms with van der Waals surface area (Å²) in [6.07, 6.45) is 3.01. The molecule has 13 heteroatoms. The molecule has 0 unspecified atom stereocenters. The van der Waals surface area contributed by atoms with Gasteiger partial charge in [0, 0.05) is 28.9 Å². The lowest BCUT2D eigenvalue weighted by Crippen LogP contribution is -2.29. The normalized spacial score (nSPS) is 13.0. The Morgan fingerprint density at radius 2 is 1.85 bits per heavy atom. The lowest BCUT2D eigenvalue weighted by atomic mass is 10.0. The van der Waals surface area contributed by atoms with E-state index in [9.17, 15) is 17.2 Å². The molecule has 0 fully saturated rings. The number of benzene rings is 3. The molecular formula is C28H22F2N6O4S. The molecule has 208 valence electrons. The molecule has 0 spiro atoms. The summed E-state index contributed by atoms with van der Waals surface area (Å²) < 4.78 is 67.0. The number of methoxy groups -OCH3 is 1. The topological polar surface area (TPSA) is 133 Å². The van der Waals surface area contributed by atoms with Gasteiger partial charge in [-0.2, -0.15) is 0 Å². The largest absolute Gasteiger partial charge is 0.490 e. The van der Waals surface area contributed by atoms with E-state index in [4.69, 9.17) is 15.2 Å². The summed E-state index contributed by atoms with van der Waals surface area (Å²) >= 11 is 0. The van der Waals surface area contributed by atoms with Crippen LogP contribution < -0.4 is 24.8 Å². The van der Waals surface area contributed by atoms with E-state index < -0.39 is 26.6 Å². The van der Waals surface area contributed by atoms with E-state index in [0.717, 1.165) is 28.7 Å². The molecule has 0 amide bonds. The second-order valence-electron chi connectivity index (χ2n) is 9.12. The molecule has 0 radical (unpaired) electrons. The number of anilines is 4. The van der Waals surface area contributed by atoms with Crippen LogP contribution in [-0.4, -0.2) is 43.6 Å². The van der Waals surface area contributed by atoms with E-state index >= 15 is 0 Å². The standard InChI is InChI=1S/C28H22F2N6O4S/c1-39-28-23(35-41(37,38)26-7-3-18(29)12-21(26)30)10-17(14-32-28)16-2-6-25-24(11-16)36(8-9-40-25)27-20-13-19(31)4-5-22(20)33-15-34-27/h2-7,10-15,35H,8-9,31H2,1H3. The van der Waals surface area contributed by atoms with Crippen molar-refractivity contribution >= 4 is 43.8 Å². The average molecular weight is 577 g/mol. The molecule has 0 aliphatic carbocycles. The van der Waals surface area contributed by atoms with Crippen molar-refractivity contribution in [3.63, 3.8) is 0 Å². The summed E-state index contributed by atoms with van der Waals surface area (Å²) in [7, 11) is -3.12. The van der Waals surface area contributed by atoms with Gasteiger partial charge in [0.25, 0.3) is 10.0 Å². The highest BCUT2D eigenvalue weighted by Crippen LogP contribution is 2.41. The zero-order chi connectivity index (χ0) is 28.7. The molecule has 6 rings (SSSR count). The van der Waals surface area contributed by atoms with Crippen molar-refractivity contribution in [3.8, 4) is 22.8 Å². The molecule has 0 saturated heterocycles. The van der Waals surface area contributed by atoms with Crippen LogP contribution in [-0.2, 0) is 10.0 Å². The Morgan fingerprint density at radius 1 is 1.00 bits per heavy atom. The van der Waals surface area contributed by atoms with E-state index in [-0.39, 0.29) is 11.6 Å². The number of halogens is 2. The maximum absolute atomic E-state index is 14.3. The predicted octanol–water partition coefficient (Wildman–Crippen LogP) is 4.89. The maximum atomic E-state index is 14.3. The van der Waals surface area contributed by atoms with Crippen molar-refractivity contribution < 1.29 is 26.7 Å². The van der Waals surface area contributed by atoms with Gasteiger partial charge < -0.3 is 20.1 Å². The fraction of sp³-hybridized carbons (Fsp3) is 0.107. The zero-order valence-electron chi connectivity index (χ0n) is 21.5. The minimum absolute atomic E-state index is 0.0307. The van der Waals surface area contributed by atoms with Crippen LogP contribution in [0.25, 0.3) is 22.0 Å². The van der Waals surface area contributed by atoms with Crippen LogP contribution in [0.5, 0.6) is 11.6 Å². The van der Waals surface area contributed by atoms with E-state index in [1.165, 1.54) is 25.7 Å². The van der Waals surface area contributed by atoms with E-state index in [1.807, 2.05) is 23.1 Å². The Bertz CT molecular complexity index is 1920. The van der Waals surface area contributed by atoms with Crippen molar-refractivity contribution in [3.05, 3.63) is 84.8 Å². The van der Waals surface area contributed by atoms with Gasteiger partial charge in [-0.15, -0.1) is 0 Å². The number of sulfonamides is 1. The van der Waals surface area contributed by atoms with Crippen LogP contribution in [0, 0.1) is 11.6 Å². The van der Waals surface area contributed by atoms with Gasteiger partial charge in [-0.05, 0) is 54.1 Å². The number of nitrogen functional groups attached to an aromatic ring is 1. The first-order chi connectivity index (χ1) is 19.7. The molecule has 0 bridgehead atoms. The number of ether oxygens (including phenoxy) is 2. The average Bonchev–Trinajstić information content (AvgIpc) is 2.96. The Balaban J connectivity index is 1.40. The second kappa shape index (κ2) is 10.2. The van der Waals surface area contributed by atoms with Crippen molar-refractivity contribution in [1.82, 2.24) is 15.0 Å². The molecule has 1 aliphatic heterocycles. The maximum Gasteiger partial charge on any atom is 0.264 e. The monoisotopic (exact) mass is 576 g/mol. The molecule has 0 atom stereocenters. The van der Waals surface area contributed by atoms with E-state index in [0.29, 0.717) is 47.6 Å². The summed E-state index contributed by atoms with van der Waals surface area (Å²) in [6.45, 7) is 0.933. The summed E-state index contributed by atoms with van der Waals surface area (Å²) in [6, 6.07) is 14.6. The van der Waals surface area contributed by atoms with Gasteiger partial charge in [0.15, 0.2) is 0 Å². The zero-order valence-corrected chi connectivity index (χ0v) is 22.3. The molecule has 2 aromatic heterocycles. The Labute approximate surface area is 233 Å². The van der Waals surface area contributed by atoms with Gasteiger partial charge >= 0.3 is 0 Å². The molecule has 1 aliphatic rings.